The number of nitrogens with one attached hydrogen (secondary N) is 1. The lowest BCUT2D eigenvalue weighted by Crippen LogP contribution is -2.23. The Labute approximate surface area is 228 Å². The largest absolute Gasteiger partial charge is 0.481 e. The third kappa shape index (κ3) is 6.47. The first-order valence-electron chi connectivity index (χ1n) is 13.7. The van der Waals surface area contributed by atoms with E-state index in [9.17, 15) is 14.7 Å². The number of rotatable bonds is 12. The Morgan fingerprint density at radius 2 is 1.89 bits per heavy atom. The van der Waals surface area contributed by atoms with Crippen molar-refractivity contribution in [3.63, 3.8) is 0 Å². The summed E-state index contributed by atoms with van der Waals surface area (Å²) in [6.45, 7) is 1.94. The fourth-order valence-electron chi connectivity index (χ4n) is 5.67. The van der Waals surface area contributed by atoms with Crippen molar-refractivity contribution in [1.82, 2.24) is 5.16 Å². The van der Waals surface area contributed by atoms with Crippen LogP contribution in [0.2, 0.25) is 5.02 Å². The molecule has 0 aliphatic heterocycles. The molecule has 38 heavy (non-hydrogen) atoms. The number of aryl methyl sites for hydroxylation is 2. The molecule has 1 heterocycles. The number of aromatic nitrogens is 1. The Balaban J connectivity index is 1.28. The molecule has 2 aliphatic rings. The summed E-state index contributed by atoms with van der Waals surface area (Å²) in [6.07, 6.45) is 7.05. The van der Waals surface area contributed by atoms with Gasteiger partial charge in [0.2, 0.25) is 5.91 Å². The van der Waals surface area contributed by atoms with E-state index in [1.165, 1.54) is 12.0 Å². The molecule has 2 aromatic carbocycles. The second-order valence-electron chi connectivity index (χ2n) is 11.0. The molecule has 1 aromatic heterocycles. The number of halogens is 1. The highest BCUT2D eigenvalue weighted by atomic mass is 35.5. The van der Waals surface area contributed by atoms with Gasteiger partial charge in [-0.15, -0.1) is 0 Å². The number of amides is 1. The first-order valence-corrected chi connectivity index (χ1v) is 14.1. The first kappa shape index (κ1) is 26.5. The van der Waals surface area contributed by atoms with Crippen molar-refractivity contribution in [2.24, 2.45) is 5.92 Å². The summed E-state index contributed by atoms with van der Waals surface area (Å²) < 4.78 is 5.98. The molecule has 0 spiro atoms. The lowest BCUT2D eigenvalue weighted by Gasteiger charge is -2.34. The van der Waals surface area contributed by atoms with Crippen molar-refractivity contribution in [3.05, 3.63) is 81.7 Å². The Kier molecular flexibility index (Phi) is 8.18. The number of aliphatic carboxylic acids is 1. The average Bonchev–Trinajstić information content (AvgIpc) is 3.62. The van der Waals surface area contributed by atoms with Gasteiger partial charge in [-0.2, -0.15) is 0 Å². The second-order valence-corrected chi connectivity index (χ2v) is 11.5. The summed E-state index contributed by atoms with van der Waals surface area (Å²) in [6, 6.07) is 16.1. The van der Waals surface area contributed by atoms with Crippen LogP contribution in [0.1, 0.15) is 97.3 Å². The van der Waals surface area contributed by atoms with Crippen molar-refractivity contribution >= 4 is 29.2 Å². The highest BCUT2D eigenvalue weighted by molar-refractivity contribution is 6.33. The minimum atomic E-state index is -0.881. The van der Waals surface area contributed by atoms with Crippen molar-refractivity contribution in [2.45, 2.75) is 82.5 Å². The number of carbonyl (C=O) groups is 2. The van der Waals surface area contributed by atoms with Crippen LogP contribution in [0.5, 0.6) is 0 Å². The van der Waals surface area contributed by atoms with Gasteiger partial charge in [0.25, 0.3) is 0 Å². The van der Waals surface area contributed by atoms with Gasteiger partial charge in [-0.05, 0) is 87.0 Å². The summed E-state index contributed by atoms with van der Waals surface area (Å²) >= 11 is 6.31. The van der Waals surface area contributed by atoms with Gasteiger partial charge in [0.05, 0.1) is 16.4 Å². The van der Waals surface area contributed by atoms with Gasteiger partial charge in [-0.25, -0.2) is 0 Å². The van der Waals surface area contributed by atoms with Crippen LogP contribution in [-0.2, 0) is 16.0 Å². The second kappa shape index (κ2) is 11.7. The summed E-state index contributed by atoms with van der Waals surface area (Å²) in [4.78, 5) is 24.5. The zero-order valence-corrected chi connectivity index (χ0v) is 22.5. The maximum atomic E-state index is 13.0. The molecule has 6 nitrogen and oxygen atoms in total. The van der Waals surface area contributed by atoms with Crippen LogP contribution >= 0.6 is 11.6 Å². The van der Waals surface area contributed by atoms with Gasteiger partial charge >= 0.3 is 5.97 Å². The number of carbonyl (C=O) groups excluding carboxylic acids is 1. The molecule has 0 unspecified atom stereocenters. The van der Waals surface area contributed by atoms with Crippen molar-refractivity contribution < 1.29 is 19.2 Å². The smallest absolute Gasteiger partial charge is 0.303 e. The molecule has 1 atom stereocenters. The van der Waals surface area contributed by atoms with Gasteiger partial charge in [0.1, 0.15) is 5.76 Å². The lowest BCUT2D eigenvalue weighted by molar-refractivity contribution is -0.137. The van der Waals surface area contributed by atoms with E-state index in [1.807, 2.05) is 13.0 Å². The molecular formula is C31H35ClN2O4. The number of anilines is 1. The molecule has 7 heteroatoms. The molecule has 0 radical (unpaired) electrons. The van der Waals surface area contributed by atoms with Crippen LogP contribution in [0.15, 0.2) is 53.1 Å². The molecule has 2 N–H and O–H groups in total. The Bertz CT molecular complexity index is 1280. The van der Waals surface area contributed by atoms with Crippen molar-refractivity contribution in [2.75, 3.05) is 5.32 Å². The number of carboxylic acids is 1. The third-order valence-corrected chi connectivity index (χ3v) is 8.30. The molecule has 2 aliphatic carbocycles. The molecule has 5 rings (SSSR count). The maximum absolute atomic E-state index is 13.0. The molecular weight excluding hydrogens is 500 g/mol. The molecule has 2 saturated carbocycles. The summed E-state index contributed by atoms with van der Waals surface area (Å²) in [5, 5.41) is 17.2. The monoisotopic (exact) mass is 534 g/mol. The van der Waals surface area contributed by atoms with Crippen LogP contribution in [0, 0.1) is 12.8 Å². The first-order chi connectivity index (χ1) is 18.4. The van der Waals surface area contributed by atoms with Crippen LogP contribution < -0.4 is 5.32 Å². The molecule has 0 bridgehead atoms. The fourth-order valence-corrected chi connectivity index (χ4v) is 5.96. The van der Waals surface area contributed by atoms with E-state index in [1.54, 1.807) is 12.1 Å². The minimum Gasteiger partial charge on any atom is -0.481 e. The SMILES string of the molecule is Cc1ccc(NC(=O)C[C@H](CCC(=O)O)c2noc(C3CC(CCc4ccccc4)C3)c2C2CC2)c(Cl)c1. The zero-order chi connectivity index (χ0) is 26.6. The van der Waals surface area contributed by atoms with Crippen LogP contribution in [-0.4, -0.2) is 22.1 Å². The normalized spacial score (nSPS) is 19.5. The predicted octanol–water partition coefficient (Wildman–Crippen LogP) is 7.62. The van der Waals surface area contributed by atoms with Crippen molar-refractivity contribution in [1.29, 1.82) is 0 Å². The summed E-state index contributed by atoms with van der Waals surface area (Å²) in [7, 11) is 0. The fraction of sp³-hybridized carbons (Fsp3) is 0.452. The highest BCUT2D eigenvalue weighted by Crippen LogP contribution is 2.52. The Morgan fingerprint density at radius 3 is 2.58 bits per heavy atom. The zero-order valence-electron chi connectivity index (χ0n) is 21.8. The Hall–Kier alpha value is -3.12. The van der Waals surface area contributed by atoms with Gasteiger partial charge in [0, 0.05) is 30.2 Å². The molecule has 0 saturated heterocycles. The molecule has 200 valence electrons. The van der Waals surface area contributed by atoms with Crippen LogP contribution in [0.3, 0.4) is 0 Å². The molecule has 1 amide bonds. The quantitative estimate of drug-likeness (QED) is 0.249. The van der Waals surface area contributed by atoms with Gasteiger partial charge < -0.3 is 14.9 Å². The summed E-state index contributed by atoms with van der Waals surface area (Å²) in [5.74, 6) is 0.993. The number of hydrogen-bond donors (Lipinski definition) is 2. The number of benzene rings is 2. The third-order valence-electron chi connectivity index (χ3n) is 7.98. The van der Waals surface area contributed by atoms with E-state index in [-0.39, 0.29) is 24.7 Å². The standard InChI is InChI=1S/C31H35ClN2O4/c1-19-7-13-26(25(32)15-19)33-27(35)18-23(12-14-28(36)37)30-29(22-10-11-22)31(38-34-30)24-16-21(17-24)9-8-20-5-3-2-4-6-20/h2-7,13,15,21-24H,8-12,14,16-18H2,1H3,(H,33,35)(H,36,37)/t21?,23-,24?/m0/s1. The van der Waals surface area contributed by atoms with Crippen LogP contribution in [0.4, 0.5) is 5.69 Å². The number of nitrogens with zero attached hydrogens (tertiary/aromatic N) is 1. The minimum absolute atomic E-state index is 0.0273. The highest BCUT2D eigenvalue weighted by Gasteiger charge is 2.41. The number of hydrogen-bond acceptors (Lipinski definition) is 4. The van der Waals surface area contributed by atoms with E-state index in [2.05, 4.69) is 40.8 Å². The lowest BCUT2D eigenvalue weighted by atomic mass is 9.70. The van der Waals surface area contributed by atoms with Crippen LogP contribution in [0.25, 0.3) is 0 Å². The Morgan fingerprint density at radius 1 is 1.13 bits per heavy atom. The van der Waals surface area contributed by atoms with E-state index in [0.717, 1.165) is 54.7 Å². The van der Waals surface area contributed by atoms with Gasteiger partial charge in [-0.3, -0.25) is 9.59 Å². The van der Waals surface area contributed by atoms with E-state index in [0.29, 0.717) is 34.9 Å². The van der Waals surface area contributed by atoms with Gasteiger partial charge in [-0.1, -0.05) is 53.2 Å². The average molecular weight is 535 g/mol. The summed E-state index contributed by atoms with van der Waals surface area (Å²) in [5.41, 5.74) is 4.87. The predicted molar refractivity (Wildman–Crippen MR) is 148 cm³/mol. The van der Waals surface area contributed by atoms with Gasteiger partial charge in [0.15, 0.2) is 0 Å². The van der Waals surface area contributed by atoms with E-state index >= 15 is 0 Å². The molecule has 3 aromatic rings. The molecule has 2 fully saturated rings. The van der Waals surface area contributed by atoms with E-state index < -0.39 is 5.97 Å². The van der Waals surface area contributed by atoms with Crippen molar-refractivity contribution in [3.8, 4) is 0 Å². The van der Waals surface area contributed by atoms with E-state index in [4.69, 9.17) is 16.1 Å². The maximum Gasteiger partial charge on any atom is 0.303 e. The number of carboxylic acid groups (broad SMARTS) is 1. The topological polar surface area (TPSA) is 92.4 Å².